The number of nitrogens with zero attached hydrogens (tertiary/aromatic N) is 2. The number of amides is 2. The number of hydrogen-bond acceptors (Lipinski definition) is 5. The van der Waals surface area contributed by atoms with E-state index < -0.39 is 40.1 Å². The van der Waals surface area contributed by atoms with Gasteiger partial charge in [-0.05, 0) is 23.5 Å². The van der Waals surface area contributed by atoms with Gasteiger partial charge in [0.2, 0.25) is 5.91 Å². The summed E-state index contributed by atoms with van der Waals surface area (Å²) in [6.07, 6.45) is 1.51. The van der Waals surface area contributed by atoms with E-state index in [1.165, 1.54) is 5.56 Å². The minimum Gasteiger partial charge on any atom is -0.365 e. The molecule has 28 heavy (non-hydrogen) atoms. The molecule has 0 radical (unpaired) electrons. The van der Waals surface area contributed by atoms with E-state index in [1.807, 2.05) is 24.3 Å². The average molecular weight is 386 g/mol. The molecule has 3 N–H and O–H groups in total. The van der Waals surface area contributed by atoms with Gasteiger partial charge in [0.25, 0.3) is 17.2 Å². The molecule has 9 heteroatoms. The summed E-state index contributed by atoms with van der Waals surface area (Å²) in [6, 6.07) is 8.86. The summed E-state index contributed by atoms with van der Waals surface area (Å²) in [6.45, 7) is 4.10. The summed E-state index contributed by atoms with van der Waals surface area (Å²) < 4.78 is 0.811. The number of carbonyl (C=O) groups excluding carboxylic acids is 2. The van der Waals surface area contributed by atoms with Gasteiger partial charge in [-0.2, -0.15) is 0 Å². The molecule has 0 aliphatic rings. The largest absolute Gasteiger partial charge is 0.365 e. The number of nitro groups is 1. The third-order valence-electron chi connectivity index (χ3n) is 4.24. The zero-order valence-corrected chi connectivity index (χ0v) is 15.7. The second-order valence-corrected chi connectivity index (χ2v) is 6.66. The molecular formula is C19H22N4O5. The number of carbonyl (C=O) groups is 2. The van der Waals surface area contributed by atoms with Crippen molar-refractivity contribution >= 4 is 17.5 Å². The van der Waals surface area contributed by atoms with Crippen molar-refractivity contribution in [1.82, 2.24) is 9.88 Å². The van der Waals surface area contributed by atoms with Gasteiger partial charge in [0.05, 0.1) is 11.1 Å². The van der Waals surface area contributed by atoms with Crippen LogP contribution >= 0.6 is 0 Å². The van der Waals surface area contributed by atoms with Gasteiger partial charge >= 0.3 is 0 Å². The second-order valence-electron chi connectivity index (χ2n) is 6.66. The van der Waals surface area contributed by atoms with Crippen LogP contribution in [0.5, 0.6) is 0 Å². The summed E-state index contributed by atoms with van der Waals surface area (Å²) in [4.78, 5) is 45.8. The maximum Gasteiger partial charge on any atom is 0.286 e. The lowest BCUT2D eigenvalue weighted by Crippen LogP contribution is -2.36. The number of pyridine rings is 1. The van der Waals surface area contributed by atoms with Gasteiger partial charge in [-0.3, -0.25) is 29.1 Å². The molecule has 9 nitrogen and oxygen atoms in total. The Kier molecular flexibility index (Phi) is 6.64. The highest BCUT2D eigenvalue weighted by atomic mass is 16.6. The minimum absolute atomic E-state index is 0.339. The van der Waals surface area contributed by atoms with Crippen LogP contribution in [-0.4, -0.2) is 27.8 Å². The van der Waals surface area contributed by atoms with Crippen LogP contribution in [0.25, 0.3) is 0 Å². The van der Waals surface area contributed by atoms with Crippen molar-refractivity contribution in [3.8, 4) is 0 Å². The summed E-state index contributed by atoms with van der Waals surface area (Å²) in [5.41, 5.74) is 5.48. The predicted molar refractivity (Wildman–Crippen MR) is 103 cm³/mol. The van der Waals surface area contributed by atoms with Crippen LogP contribution in [0.1, 0.15) is 41.3 Å². The Hall–Kier alpha value is -3.49. The van der Waals surface area contributed by atoms with E-state index >= 15 is 0 Å². The predicted octanol–water partition coefficient (Wildman–Crippen LogP) is 1.34. The van der Waals surface area contributed by atoms with E-state index in [0.717, 1.165) is 22.4 Å². The summed E-state index contributed by atoms with van der Waals surface area (Å²) in [7, 11) is 0. The topological polar surface area (TPSA) is 137 Å². The van der Waals surface area contributed by atoms with E-state index in [-0.39, 0.29) is 0 Å². The van der Waals surface area contributed by atoms with Gasteiger partial charge < -0.3 is 11.1 Å². The second kappa shape index (κ2) is 8.94. The lowest BCUT2D eigenvalue weighted by Gasteiger charge is -2.09. The fraction of sp³-hybridized carbons (Fsp3) is 0.316. The van der Waals surface area contributed by atoms with Crippen LogP contribution in [-0.2, 0) is 17.8 Å². The average Bonchev–Trinajstić information content (AvgIpc) is 2.63. The lowest BCUT2D eigenvalue weighted by molar-refractivity contribution is -0.385. The fourth-order valence-electron chi connectivity index (χ4n) is 2.64. The van der Waals surface area contributed by atoms with E-state index in [4.69, 9.17) is 5.73 Å². The Balaban J connectivity index is 2.01. The highest BCUT2D eigenvalue weighted by Gasteiger charge is 2.18. The van der Waals surface area contributed by atoms with Crippen LogP contribution in [0.4, 0.5) is 5.69 Å². The summed E-state index contributed by atoms with van der Waals surface area (Å²) >= 11 is 0. The van der Waals surface area contributed by atoms with Crippen molar-refractivity contribution in [1.29, 1.82) is 0 Å². The van der Waals surface area contributed by atoms with Gasteiger partial charge in [0, 0.05) is 12.6 Å². The third-order valence-corrected chi connectivity index (χ3v) is 4.24. The maximum absolute atomic E-state index is 12.2. The SMILES string of the molecule is CC(C)c1ccc(CCNC(=O)Cn2cc([N+](=O)[O-])cc(C(N)=O)c2=O)cc1. The van der Waals surface area contributed by atoms with Crippen LogP contribution in [0.3, 0.4) is 0 Å². The van der Waals surface area contributed by atoms with E-state index in [0.29, 0.717) is 18.9 Å². The normalized spacial score (nSPS) is 10.7. The Morgan fingerprint density at radius 3 is 2.43 bits per heavy atom. The Morgan fingerprint density at radius 2 is 1.89 bits per heavy atom. The molecule has 0 fully saturated rings. The quantitative estimate of drug-likeness (QED) is 0.521. The first kappa shape index (κ1) is 20.8. The minimum atomic E-state index is -1.09. The van der Waals surface area contributed by atoms with E-state index in [2.05, 4.69) is 19.2 Å². The zero-order valence-electron chi connectivity index (χ0n) is 15.7. The van der Waals surface area contributed by atoms with Gasteiger partial charge in [0.15, 0.2) is 0 Å². The van der Waals surface area contributed by atoms with Crippen LogP contribution in [0.2, 0.25) is 0 Å². The molecule has 0 saturated heterocycles. The molecule has 0 atom stereocenters. The van der Waals surface area contributed by atoms with Crippen molar-refractivity contribution in [2.75, 3.05) is 6.54 Å². The first-order chi connectivity index (χ1) is 13.2. The first-order valence-electron chi connectivity index (χ1n) is 8.73. The third kappa shape index (κ3) is 5.26. The van der Waals surface area contributed by atoms with Crippen molar-refractivity contribution in [3.63, 3.8) is 0 Å². The Morgan fingerprint density at radius 1 is 1.25 bits per heavy atom. The summed E-state index contributed by atoms with van der Waals surface area (Å²) in [5, 5.41) is 13.6. The zero-order chi connectivity index (χ0) is 20.8. The molecule has 0 unspecified atom stereocenters. The highest BCUT2D eigenvalue weighted by Crippen LogP contribution is 2.14. The lowest BCUT2D eigenvalue weighted by atomic mass is 10.0. The van der Waals surface area contributed by atoms with Crippen molar-refractivity contribution in [2.24, 2.45) is 5.73 Å². The van der Waals surface area contributed by atoms with Gasteiger partial charge in [-0.1, -0.05) is 38.1 Å². The van der Waals surface area contributed by atoms with Crippen molar-refractivity contribution < 1.29 is 14.5 Å². The standard InChI is InChI=1S/C19H22N4O5/c1-12(2)14-5-3-13(4-6-14)7-8-21-17(24)11-22-10-15(23(27)28)9-16(18(20)25)19(22)26/h3-6,9-10,12H,7-8,11H2,1-2H3,(H2,20,25)(H,21,24). The van der Waals surface area contributed by atoms with Crippen LogP contribution in [0.15, 0.2) is 41.3 Å². The molecule has 1 aromatic heterocycles. The molecule has 2 amide bonds. The van der Waals surface area contributed by atoms with Crippen LogP contribution in [0, 0.1) is 10.1 Å². The Bertz CT molecular complexity index is 948. The number of aromatic nitrogens is 1. The molecule has 1 aromatic carbocycles. The molecule has 2 rings (SSSR count). The first-order valence-corrected chi connectivity index (χ1v) is 8.73. The Labute approximate surface area is 161 Å². The number of nitrogens with one attached hydrogen (secondary N) is 1. The molecule has 0 bridgehead atoms. The molecular weight excluding hydrogens is 364 g/mol. The molecule has 0 spiro atoms. The van der Waals surface area contributed by atoms with Crippen LogP contribution < -0.4 is 16.6 Å². The highest BCUT2D eigenvalue weighted by molar-refractivity contribution is 5.93. The maximum atomic E-state index is 12.2. The summed E-state index contributed by atoms with van der Waals surface area (Å²) in [5.74, 6) is -1.16. The number of hydrogen-bond donors (Lipinski definition) is 2. The number of benzene rings is 1. The van der Waals surface area contributed by atoms with E-state index in [1.54, 1.807) is 0 Å². The molecule has 148 valence electrons. The number of rotatable bonds is 8. The van der Waals surface area contributed by atoms with Crippen molar-refractivity contribution in [2.45, 2.75) is 32.7 Å². The van der Waals surface area contributed by atoms with Gasteiger partial charge in [-0.25, -0.2) is 0 Å². The fourth-order valence-corrected chi connectivity index (χ4v) is 2.64. The molecule has 1 heterocycles. The molecule has 0 aliphatic carbocycles. The number of primary amides is 1. The van der Waals surface area contributed by atoms with E-state index in [9.17, 15) is 24.5 Å². The smallest absolute Gasteiger partial charge is 0.286 e. The van der Waals surface area contributed by atoms with Crippen molar-refractivity contribution in [3.05, 3.63) is 73.7 Å². The molecule has 2 aromatic rings. The number of nitrogens with two attached hydrogens (primary N) is 1. The van der Waals surface area contributed by atoms with Gasteiger partial charge in [-0.15, -0.1) is 0 Å². The molecule has 0 aliphatic heterocycles. The monoisotopic (exact) mass is 386 g/mol. The molecule has 0 saturated carbocycles. The van der Waals surface area contributed by atoms with Gasteiger partial charge in [0.1, 0.15) is 12.1 Å².